The maximum absolute atomic E-state index is 14.8. The second-order valence-electron chi connectivity index (χ2n) is 7.14. The van der Waals surface area contributed by atoms with Gasteiger partial charge in [-0.3, -0.25) is 4.79 Å². The molecule has 2 aromatic rings. The van der Waals surface area contributed by atoms with E-state index in [1.165, 1.54) is 23.5 Å². The van der Waals surface area contributed by atoms with Crippen molar-refractivity contribution >= 4 is 47.4 Å². The highest BCUT2D eigenvalue weighted by molar-refractivity contribution is 6.58. The summed E-state index contributed by atoms with van der Waals surface area (Å²) in [5.41, 5.74) is -1.51. The molecular formula is C17H13B3ClF5O6. The Hall–Kier alpha value is -2.89. The molecular weight excluding hydrogens is 463 g/mol. The number of rotatable bonds is 7. The standard InChI is InChI=1S/C17H13B3ClF5O6/c1-29-15(28)11-10(4-7(21)6(5-27)12(11)22)30-9-3-2-8(31-17(24,25)26)13(23)14(9)32-16(18,19)20/h2-5H,18-20H2,1H3. The van der Waals surface area contributed by atoms with Crippen molar-refractivity contribution in [3.05, 3.63) is 46.0 Å². The maximum atomic E-state index is 14.8. The van der Waals surface area contributed by atoms with Gasteiger partial charge < -0.3 is 18.9 Å². The molecule has 0 saturated carbocycles. The molecule has 0 aliphatic carbocycles. The number of esters is 1. The summed E-state index contributed by atoms with van der Waals surface area (Å²) >= 11 is 5.84. The molecule has 0 atom stereocenters. The highest BCUT2D eigenvalue weighted by Crippen LogP contribution is 2.43. The number of halogens is 6. The Morgan fingerprint density at radius 2 is 1.62 bits per heavy atom. The van der Waals surface area contributed by atoms with E-state index in [1.54, 1.807) is 0 Å². The fourth-order valence-electron chi connectivity index (χ4n) is 2.42. The van der Waals surface area contributed by atoms with Gasteiger partial charge in [0.15, 0.2) is 29.4 Å². The zero-order chi connectivity index (χ0) is 24.4. The van der Waals surface area contributed by atoms with Gasteiger partial charge in [0.2, 0.25) is 5.82 Å². The van der Waals surface area contributed by atoms with Crippen LogP contribution in [0, 0.1) is 11.6 Å². The predicted molar refractivity (Wildman–Crippen MR) is 110 cm³/mol. The summed E-state index contributed by atoms with van der Waals surface area (Å²) < 4.78 is 86.1. The number of carbonyl (C=O) groups excluding carboxylic acids is 2. The van der Waals surface area contributed by atoms with Gasteiger partial charge in [-0.25, -0.2) is 9.18 Å². The second-order valence-corrected chi connectivity index (χ2v) is 7.55. The molecule has 32 heavy (non-hydrogen) atoms. The molecule has 6 nitrogen and oxygen atoms in total. The molecule has 0 heterocycles. The van der Waals surface area contributed by atoms with Crippen LogP contribution in [0.2, 0.25) is 5.02 Å². The molecule has 0 radical (unpaired) electrons. The van der Waals surface area contributed by atoms with Crippen LogP contribution in [0.5, 0.6) is 23.0 Å². The minimum atomic E-state index is -5.19. The molecule has 168 valence electrons. The van der Waals surface area contributed by atoms with E-state index in [4.69, 9.17) is 21.1 Å². The van der Waals surface area contributed by atoms with Crippen molar-refractivity contribution in [2.24, 2.45) is 0 Å². The van der Waals surface area contributed by atoms with Crippen molar-refractivity contribution < 1.29 is 50.5 Å². The van der Waals surface area contributed by atoms with E-state index in [0.717, 1.165) is 19.2 Å². The minimum absolute atomic E-state index is 0.0605. The van der Waals surface area contributed by atoms with Gasteiger partial charge in [-0.1, -0.05) is 11.6 Å². The average molecular weight is 476 g/mol. The van der Waals surface area contributed by atoms with E-state index in [1.807, 2.05) is 0 Å². The monoisotopic (exact) mass is 476 g/mol. The van der Waals surface area contributed by atoms with Crippen LogP contribution in [0.25, 0.3) is 0 Å². The third-order valence-corrected chi connectivity index (χ3v) is 3.92. The zero-order valence-corrected chi connectivity index (χ0v) is 17.8. The Labute approximate surface area is 186 Å². The molecule has 0 saturated heterocycles. The van der Waals surface area contributed by atoms with Gasteiger partial charge in [0.25, 0.3) is 0 Å². The van der Waals surface area contributed by atoms with E-state index >= 15 is 0 Å². The molecule has 2 rings (SSSR count). The lowest BCUT2D eigenvalue weighted by atomic mass is 9.52. The van der Waals surface area contributed by atoms with Gasteiger partial charge in [-0.05, 0) is 12.1 Å². The van der Waals surface area contributed by atoms with Gasteiger partial charge in [-0.2, -0.15) is 4.39 Å². The molecule has 0 unspecified atom stereocenters. The summed E-state index contributed by atoms with van der Waals surface area (Å²) in [6.07, 6.45) is -5.13. The number of hydrogen-bond acceptors (Lipinski definition) is 6. The first kappa shape index (κ1) is 25.4. The van der Waals surface area contributed by atoms with E-state index < -0.39 is 68.4 Å². The molecule has 0 bridgehead atoms. The third-order valence-electron chi connectivity index (χ3n) is 3.60. The fourth-order valence-corrected chi connectivity index (χ4v) is 2.64. The van der Waals surface area contributed by atoms with Gasteiger partial charge in [-0.15, -0.1) is 13.2 Å². The van der Waals surface area contributed by atoms with E-state index in [-0.39, 0.29) is 6.29 Å². The van der Waals surface area contributed by atoms with Crippen molar-refractivity contribution in [2.45, 2.75) is 11.7 Å². The molecule has 0 aliphatic heterocycles. The number of methoxy groups -OCH3 is 1. The van der Waals surface area contributed by atoms with Crippen LogP contribution in [0.3, 0.4) is 0 Å². The van der Waals surface area contributed by atoms with Crippen LogP contribution < -0.4 is 14.2 Å². The summed E-state index contributed by atoms with van der Waals surface area (Å²) in [4.78, 5) is 23.2. The van der Waals surface area contributed by atoms with Crippen LogP contribution in [-0.2, 0) is 4.74 Å². The van der Waals surface area contributed by atoms with Gasteiger partial charge >= 0.3 is 12.3 Å². The second kappa shape index (κ2) is 9.31. The quantitative estimate of drug-likeness (QED) is 0.263. The fraction of sp³-hybridized carbons (Fsp3) is 0.176. The Balaban J connectivity index is 2.70. The molecule has 0 aliphatic rings. The number of hydrogen-bond donors (Lipinski definition) is 0. The zero-order valence-electron chi connectivity index (χ0n) is 17.0. The van der Waals surface area contributed by atoms with Crippen molar-refractivity contribution in [3.63, 3.8) is 0 Å². The SMILES string of the molecule is BC(B)(B)Oc1c(Oc2cc(Cl)c(C=O)c(F)c2C(=O)OC)ccc(OC(F)(F)F)c1F. The van der Waals surface area contributed by atoms with Crippen molar-refractivity contribution in [3.8, 4) is 23.0 Å². The molecule has 0 aromatic heterocycles. The Bertz CT molecular complexity index is 1060. The molecule has 2 aromatic carbocycles. The first-order valence-electron chi connectivity index (χ1n) is 8.69. The first-order chi connectivity index (χ1) is 14.7. The van der Waals surface area contributed by atoms with Crippen molar-refractivity contribution in [2.75, 3.05) is 7.11 Å². The molecule has 15 heteroatoms. The largest absolute Gasteiger partial charge is 0.573 e. The number of ether oxygens (including phenoxy) is 4. The van der Waals surface area contributed by atoms with E-state index in [9.17, 15) is 31.5 Å². The number of benzene rings is 2. The average Bonchev–Trinajstić information content (AvgIpc) is 2.64. The van der Waals surface area contributed by atoms with Crippen LogP contribution in [0.15, 0.2) is 18.2 Å². The summed E-state index contributed by atoms with van der Waals surface area (Å²) in [5.74, 6) is -7.36. The maximum Gasteiger partial charge on any atom is 0.573 e. The van der Waals surface area contributed by atoms with Gasteiger partial charge in [0.1, 0.15) is 34.9 Å². The Kier molecular flexibility index (Phi) is 7.38. The van der Waals surface area contributed by atoms with Crippen LogP contribution in [-0.4, -0.2) is 54.6 Å². The van der Waals surface area contributed by atoms with E-state index in [2.05, 4.69) is 9.47 Å². The van der Waals surface area contributed by atoms with Crippen molar-refractivity contribution in [1.29, 1.82) is 0 Å². The van der Waals surface area contributed by atoms with E-state index in [0.29, 0.717) is 6.07 Å². The highest BCUT2D eigenvalue weighted by Gasteiger charge is 2.35. The predicted octanol–water partition coefficient (Wildman–Crippen LogP) is 1.80. The lowest BCUT2D eigenvalue weighted by molar-refractivity contribution is -0.275. The summed E-state index contributed by atoms with van der Waals surface area (Å²) in [6, 6.07) is 2.34. The first-order valence-corrected chi connectivity index (χ1v) is 9.07. The smallest absolute Gasteiger partial charge is 0.508 e. The van der Waals surface area contributed by atoms with Crippen LogP contribution >= 0.6 is 11.6 Å². The molecule has 0 amide bonds. The highest BCUT2D eigenvalue weighted by atomic mass is 35.5. The Morgan fingerprint density at radius 3 is 2.12 bits per heavy atom. The number of alkyl halides is 3. The number of aldehydes is 1. The minimum Gasteiger partial charge on any atom is -0.508 e. The van der Waals surface area contributed by atoms with Gasteiger partial charge in [0, 0.05) is 11.4 Å². The van der Waals surface area contributed by atoms with Crippen LogP contribution in [0.1, 0.15) is 20.7 Å². The summed E-state index contributed by atoms with van der Waals surface area (Å²) in [7, 11) is 5.35. The summed E-state index contributed by atoms with van der Waals surface area (Å²) in [5, 5.41) is -1.57. The lowest BCUT2D eigenvalue weighted by Gasteiger charge is -2.25. The topological polar surface area (TPSA) is 71.1 Å². The Morgan fingerprint density at radius 1 is 1.03 bits per heavy atom. The molecule has 0 N–H and O–H groups in total. The summed E-state index contributed by atoms with van der Waals surface area (Å²) in [6.45, 7) is 0. The third kappa shape index (κ3) is 5.87. The lowest BCUT2D eigenvalue weighted by Crippen LogP contribution is -2.38. The normalized spacial score (nSPS) is 11.6. The van der Waals surface area contributed by atoms with Crippen LogP contribution in [0.4, 0.5) is 22.0 Å². The van der Waals surface area contributed by atoms with Gasteiger partial charge in [0.05, 0.1) is 17.7 Å². The molecule has 0 fully saturated rings. The number of carbonyl (C=O) groups is 2. The molecule has 0 spiro atoms. The van der Waals surface area contributed by atoms with Crippen molar-refractivity contribution in [1.82, 2.24) is 0 Å².